The number of carbonyl (C=O) groups excluding carboxylic acids is 2. The Morgan fingerprint density at radius 1 is 0.841 bits per heavy atom. The molecule has 1 aliphatic rings. The summed E-state index contributed by atoms with van der Waals surface area (Å²) in [6.07, 6.45) is 7.32. The molecule has 3 aromatic rings. The number of nitrogens with zero attached hydrogens (tertiary/aromatic N) is 2. The van der Waals surface area contributed by atoms with Gasteiger partial charge in [0, 0.05) is 32.0 Å². The lowest BCUT2D eigenvalue weighted by Gasteiger charge is -2.34. The van der Waals surface area contributed by atoms with E-state index in [0.717, 1.165) is 53.5 Å². The minimum atomic E-state index is -3.56. The Bertz CT molecular complexity index is 1480. The van der Waals surface area contributed by atoms with E-state index in [1.165, 1.54) is 17.0 Å². The number of anilines is 1. The van der Waals surface area contributed by atoms with Gasteiger partial charge in [0.2, 0.25) is 21.8 Å². The van der Waals surface area contributed by atoms with Crippen molar-refractivity contribution in [2.75, 3.05) is 17.1 Å². The van der Waals surface area contributed by atoms with Crippen LogP contribution in [0.2, 0.25) is 0 Å². The molecule has 0 aliphatic heterocycles. The van der Waals surface area contributed by atoms with Crippen LogP contribution in [-0.2, 0) is 32.6 Å². The van der Waals surface area contributed by atoms with Crippen LogP contribution in [0, 0.1) is 20.8 Å². The second-order valence-electron chi connectivity index (χ2n) is 12.3. The fourth-order valence-corrected chi connectivity index (χ4v) is 7.04. The standard InChI is InChI=1S/C36H47N3O4S/c1-27-17-19-31(20-18-27)26-38(34(25-30-12-7-5-8-13-30)36(41)37-32-14-9-6-10-15-32)35(40)16-11-21-39(44(4,42)43)33-23-28(2)22-29(3)24-33/h5,7-8,12-13,17-20,22-24,32,34H,6,9-11,14-16,21,25-26H2,1-4H3,(H,37,41). The Labute approximate surface area is 263 Å². The van der Waals surface area contributed by atoms with E-state index >= 15 is 0 Å². The van der Waals surface area contributed by atoms with Gasteiger partial charge in [-0.3, -0.25) is 13.9 Å². The number of rotatable bonds is 13. The molecule has 0 bridgehead atoms. The third kappa shape index (κ3) is 9.68. The van der Waals surface area contributed by atoms with Crippen LogP contribution in [0.1, 0.15) is 72.8 Å². The highest BCUT2D eigenvalue weighted by molar-refractivity contribution is 7.92. The maximum Gasteiger partial charge on any atom is 0.243 e. The Balaban J connectivity index is 1.59. The van der Waals surface area contributed by atoms with Crippen molar-refractivity contribution in [3.05, 3.63) is 101 Å². The number of carbonyl (C=O) groups is 2. The summed E-state index contributed by atoms with van der Waals surface area (Å²) in [7, 11) is -3.56. The highest BCUT2D eigenvalue weighted by atomic mass is 32.2. The first-order chi connectivity index (χ1) is 21.0. The van der Waals surface area contributed by atoms with Gasteiger partial charge < -0.3 is 10.2 Å². The minimum absolute atomic E-state index is 0.116. The fraction of sp³-hybridized carbons (Fsp3) is 0.444. The summed E-state index contributed by atoms with van der Waals surface area (Å²) < 4.78 is 27.0. The molecule has 1 saturated carbocycles. The maximum absolute atomic E-state index is 14.1. The molecule has 1 N–H and O–H groups in total. The predicted molar refractivity (Wildman–Crippen MR) is 178 cm³/mol. The highest BCUT2D eigenvalue weighted by Gasteiger charge is 2.32. The SMILES string of the molecule is Cc1ccc(CN(C(=O)CCCN(c2cc(C)cc(C)c2)S(C)(=O)=O)C(Cc2ccccc2)C(=O)NC2CCCCC2)cc1. The van der Waals surface area contributed by atoms with Crippen LogP contribution < -0.4 is 9.62 Å². The lowest BCUT2D eigenvalue weighted by atomic mass is 9.94. The first-order valence-corrected chi connectivity index (χ1v) is 17.6. The number of benzene rings is 3. The first kappa shape index (κ1) is 33.2. The molecule has 1 fully saturated rings. The smallest absolute Gasteiger partial charge is 0.243 e. The second-order valence-corrected chi connectivity index (χ2v) is 14.2. The largest absolute Gasteiger partial charge is 0.352 e. The van der Waals surface area contributed by atoms with Crippen molar-refractivity contribution in [3.63, 3.8) is 0 Å². The number of nitrogens with one attached hydrogen (secondary N) is 1. The summed E-state index contributed by atoms with van der Waals surface area (Å²) in [6, 6.07) is 23.0. The van der Waals surface area contributed by atoms with E-state index in [-0.39, 0.29) is 30.8 Å². The van der Waals surface area contributed by atoms with Crippen LogP contribution in [0.25, 0.3) is 0 Å². The predicted octanol–water partition coefficient (Wildman–Crippen LogP) is 6.25. The maximum atomic E-state index is 14.1. The molecule has 8 heteroatoms. The lowest BCUT2D eigenvalue weighted by Crippen LogP contribution is -2.52. The number of hydrogen-bond acceptors (Lipinski definition) is 4. The summed E-state index contributed by atoms with van der Waals surface area (Å²) in [5, 5.41) is 3.28. The first-order valence-electron chi connectivity index (χ1n) is 15.7. The average Bonchev–Trinajstić information content (AvgIpc) is 2.98. The van der Waals surface area contributed by atoms with Crippen molar-refractivity contribution in [2.24, 2.45) is 0 Å². The molecule has 236 valence electrons. The molecule has 0 saturated heterocycles. The quantitative estimate of drug-likeness (QED) is 0.246. The van der Waals surface area contributed by atoms with E-state index in [2.05, 4.69) is 5.32 Å². The zero-order valence-corrected chi connectivity index (χ0v) is 27.4. The van der Waals surface area contributed by atoms with Crippen molar-refractivity contribution in [1.82, 2.24) is 10.2 Å². The third-order valence-corrected chi connectivity index (χ3v) is 9.54. The summed E-state index contributed by atoms with van der Waals surface area (Å²) in [5.74, 6) is -0.298. The molecule has 0 heterocycles. The molecule has 44 heavy (non-hydrogen) atoms. The molecule has 0 aromatic heterocycles. The van der Waals surface area contributed by atoms with E-state index in [1.54, 1.807) is 4.90 Å². The van der Waals surface area contributed by atoms with E-state index in [0.29, 0.717) is 25.1 Å². The molecule has 1 atom stereocenters. The van der Waals surface area contributed by atoms with Gasteiger partial charge in [0.1, 0.15) is 6.04 Å². The molecular formula is C36H47N3O4S. The molecule has 7 nitrogen and oxygen atoms in total. The molecule has 1 unspecified atom stereocenters. The number of sulfonamides is 1. The van der Waals surface area contributed by atoms with Gasteiger partial charge in [-0.2, -0.15) is 0 Å². The van der Waals surface area contributed by atoms with Crippen LogP contribution >= 0.6 is 0 Å². The normalized spacial score (nSPS) is 14.5. The Kier molecular flexibility index (Phi) is 11.6. The molecule has 3 aromatic carbocycles. The van der Waals surface area contributed by atoms with E-state index < -0.39 is 16.1 Å². The zero-order valence-electron chi connectivity index (χ0n) is 26.6. The van der Waals surface area contributed by atoms with Crippen molar-refractivity contribution >= 4 is 27.5 Å². The van der Waals surface area contributed by atoms with Crippen LogP contribution in [0.15, 0.2) is 72.8 Å². The van der Waals surface area contributed by atoms with E-state index in [4.69, 9.17) is 0 Å². The summed E-state index contributed by atoms with van der Waals surface area (Å²) in [6.45, 7) is 6.36. The number of aryl methyl sites for hydroxylation is 3. The van der Waals surface area contributed by atoms with Crippen LogP contribution in [0.4, 0.5) is 5.69 Å². The molecule has 4 rings (SSSR count). The Morgan fingerprint density at radius 2 is 1.48 bits per heavy atom. The van der Waals surface area contributed by atoms with Crippen molar-refractivity contribution in [2.45, 2.75) is 90.8 Å². The zero-order chi connectivity index (χ0) is 31.7. The van der Waals surface area contributed by atoms with Gasteiger partial charge in [-0.25, -0.2) is 8.42 Å². The van der Waals surface area contributed by atoms with Gasteiger partial charge in [0.05, 0.1) is 11.9 Å². The molecule has 1 aliphatic carbocycles. The fourth-order valence-electron chi connectivity index (χ4n) is 6.09. The van der Waals surface area contributed by atoms with Crippen molar-refractivity contribution in [3.8, 4) is 0 Å². The van der Waals surface area contributed by atoms with Crippen LogP contribution in [0.3, 0.4) is 0 Å². The molecule has 2 amide bonds. The van der Waals surface area contributed by atoms with Crippen LogP contribution in [-0.4, -0.2) is 50.0 Å². The summed E-state index contributed by atoms with van der Waals surface area (Å²) >= 11 is 0. The van der Waals surface area contributed by atoms with Gasteiger partial charge in [-0.05, 0) is 74.4 Å². The second kappa shape index (κ2) is 15.4. The Morgan fingerprint density at radius 3 is 2.09 bits per heavy atom. The van der Waals surface area contributed by atoms with E-state index in [9.17, 15) is 18.0 Å². The summed E-state index contributed by atoms with van der Waals surface area (Å²) in [5.41, 5.74) is 5.59. The highest BCUT2D eigenvalue weighted by Crippen LogP contribution is 2.24. The van der Waals surface area contributed by atoms with Crippen molar-refractivity contribution in [1.29, 1.82) is 0 Å². The lowest BCUT2D eigenvalue weighted by molar-refractivity contribution is -0.141. The van der Waals surface area contributed by atoms with Gasteiger partial charge in [0.15, 0.2) is 0 Å². The average molecular weight is 618 g/mol. The summed E-state index contributed by atoms with van der Waals surface area (Å²) in [4.78, 5) is 29.8. The third-order valence-electron chi connectivity index (χ3n) is 8.34. The van der Waals surface area contributed by atoms with Gasteiger partial charge >= 0.3 is 0 Å². The molecule has 0 spiro atoms. The van der Waals surface area contributed by atoms with Crippen LogP contribution in [0.5, 0.6) is 0 Å². The van der Waals surface area contributed by atoms with Gasteiger partial charge in [-0.15, -0.1) is 0 Å². The number of amides is 2. The van der Waals surface area contributed by atoms with Gasteiger partial charge in [0.25, 0.3) is 0 Å². The Hall–Kier alpha value is -3.65. The molecular weight excluding hydrogens is 570 g/mol. The minimum Gasteiger partial charge on any atom is -0.352 e. The van der Waals surface area contributed by atoms with E-state index in [1.807, 2.05) is 93.6 Å². The number of hydrogen-bond donors (Lipinski definition) is 1. The monoisotopic (exact) mass is 617 g/mol. The van der Waals surface area contributed by atoms with Crippen molar-refractivity contribution < 1.29 is 18.0 Å². The van der Waals surface area contributed by atoms with Gasteiger partial charge in [-0.1, -0.05) is 85.5 Å². The molecule has 0 radical (unpaired) electrons. The topological polar surface area (TPSA) is 86.8 Å².